The van der Waals surface area contributed by atoms with Gasteiger partial charge in [0.2, 0.25) is 0 Å². The molecule has 0 aliphatic rings. The number of nitrogens with one attached hydrogen (secondary N) is 1. The van der Waals surface area contributed by atoms with E-state index in [-0.39, 0.29) is 12.4 Å². The maximum Gasteiger partial charge on any atom is 0.121 e. The SMILES string of the molecule is OCc1ccc(O)c(C(O)CNCCCCCCOCCCc2ccsc2)c1. The van der Waals surface area contributed by atoms with E-state index >= 15 is 0 Å². The molecule has 0 bridgehead atoms. The largest absolute Gasteiger partial charge is 0.508 e. The fourth-order valence-electron chi connectivity index (χ4n) is 3.04. The Hall–Kier alpha value is -1.44. The molecule has 1 aromatic heterocycles. The Kier molecular flexibility index (Phi) is 11.2. The molecule has 0 spiro atoms. The number of benzene rings is 1. The second-order valence-corrected chi connectivity index (χ2v) is 7.81. The van der Waals surface area contributed by atoms with Crippen molar-refractivity contribution < 1.29 is 20.1 Å². The Morgan fingerprint density at radius 2 is 1.82 bits per heavy atom. The number of hydrogen-bond donors (Lipinski definition) is 4. The van der Waals surface area contributed by atoms with Crippen LogP contribution in [-0.4, -0.2) is 41.6 Å². The van der Waals surface area contributed by atoms with Crippen LogP contribution in [0.1, 0.15) is 54.9 Å². The van der Waals surface area contributed by atoms with Crippen LogP contribution >= 0.6 is 11.3 Å². The lowest BCUT2D eigenvalue weighted by molar-refractivity contribution is 0.127. The first kappa shape index (κ1) is 22.8. The number of aryl methyl sites for hydroxylation is 1. The standard InChI is InChI=1S/C22H33NO4S/c24-16-19-7-8-21(25)20(14-19)22(26)15-23-10-3-1-2-4-11-27-12-5-6-18-9-13-28-17-18/h7-9,13-14,17,22-26H,1-6,10-12,15-16H2. The molecule has 6 heteroatoms. The number of unbranched alkanes of at least 4 members (excludes halogenated alkanes) is 3. The Morgan fingerprint density at radius 1 is 1.00 bits per heavy atom. The molecule has 0 saturated heterocycles. The van der Waals surface area contributed by atoms with Gasteiger partial charge >= 0.3 is 0 Å². The van der Waals surface area contributed by atoms with Gasteiger partial charge in [0.1, 0.15) is 5.75 Å². The second-order valence-electron chi connectivity index (χ2n) is 7.03. The minimum absolute atomic E-state index is 0.0572. The molecule has 0 aliphatic carbocycles. The van der Waals surface area contributed by atoms with Crippen molar-refractivity contribution in [1.82, 2.24) is 5.32 Å². The van der Waals surface area contributed by atoms with Crippen LogP contribution in [0.5, 0.6) is 5.75 Å². The molecule has 5 nitrogen and oxygen atoms in total. The highest BCUT2D eigenvalue weighted by molar-refractivity contribution is 7.07. The molecule has 1 aromatic carbocycles. The number of aliphatic hydroxyl groups excluding tert-OH is 2. The van der Waals surface area contributed by atoms with Gasteiger partial charge in [0.05, 0.1) is 12.7 Å². The Bertz CT molecular complexity index is 648. The Morgan fingerprint density at radius 3 is 2.61 bits per heavy atom. The average Bonchev–Trinajstić information content (AvgIpc) is 3.22. The predicted molar refractivity (Wildman–Crippen MR) is 114 cm³/mol. The van der Waals surface area contributed by atoms with Gasteiger partial charge in [-0.1, -0.05) is 18.9 Å². The van der Waals surface area contributed by atoms with Gasteiger partial charge in [-0.3, -0.25) is 0 Å². The first-order valence-corrected chi connectivity index (χ1v) is 11.0. The van der Waals surface area contributed by atoms with Gasteiger partial charge in [-0.2, -0.15) is 11.3 Å². The van der Waals surface area contributed by atoms with Crippen LogP contribution in [0.2, 0.25) is 0 Å². The third-order valence-electron chi connectivity index (χ3n) is 4.70. The summed E-state index contributed by atoms with van der Waals surface area (Å²) in [6, 6.07) is 6.97. The summed E-state index contributed by atoms with van der Waals surface area (Å²) in [7, 11) is 0. The molecule has 1 atom stereocenters. The fourth-order valence-corrected chi connectivity index (χ4v) is 3.74. The zero-order valence-corrected chi connectivity index (χ0v) is 17.3. The number of phenolic OH excluding ortho intramolecular Hbond substituents is 1. The van der Waals surface area contributed by atoms with Crippen LogP contribution in [-0.2, 0) is 17.8 Å². The molecule has 28 heavy (non-hydrogen) atoms. The molecule has 4 N–H and O–H groups in total. The third-order valence-corrected chi connectivity index (χ3v) is 5.43. The Balaban J connectivity index is 1.42. The summed E-state index contributed by atoms with van der Waals surface area (Å²) >= 11 is 1.74. The quantitative estimate of drug-likeness (QED) is 0.338. The van der Waals surface area contributed by atoms with Crippen molar-refractivity contribution in [1.29, 1.82) is 0 Å². The van der Waals surface area contributed by atoms with Crippen LogP contribution in [0.3, 0.4) is 0 Å². The van der Waals surface area contributed by atoms with Crippen molar-refractivity contribution in [2.75, 3.05) is 26.3 Å². The van der Waals surface area contributed by atoms with E-state index in [1.165, 1.54) is 11.6 Å². The van der Waals surface area contributed by atoms with Crippen LogP contribution < -0.4 is 5.32 Å². The van der Waals surface area contributed by atoms with Crippen molar-refractivity contribution >= 4 is 11.3 Å². The zero-order chi connectivity index (χ0) is 20.0. The summed E-state index contributed by atoms with van der Waals surface area (Å²) in [5.74, 6) is 0.0572. The molecular weight excluding hydrogens is 374 g/mol. The van der Waals surface area contributed by atoms with Crippen LogP contribution in [0, 0.1) is 0 Å². The van der Waals surface area contributed by atoms with Gasteiger partial charge in [-0.25, -0.2) is 0 Å². The van der Waals surface area contributed by atoms with E-state index in [1.54, 1.807) is 23.5 Å². The number of aliphatic hydroxyl groups is 2. The number of rotatable bonds is 15. The third kappa shape index (κ3) is 8.71. The molecule has 0 fully saturated rings. The van der Waals surface area contributed by atoms with E-state index in [2.05, 4.69) is 22.1 Å². The molecule has 0 aliphatic heterocycles. The predicted octanol–water partition coefficient (Wildman–Crippen LogP) is 3.78. The first-order chi connectivity index (χ1) is 13.7. The van der Waals surface area contributed by atoms with Crippen molar-refractivity contribution in [3.05, 3.63) is 51.7 Å². The topological polar surface area (TPSA) is 82.0 Å². The fraction of sp³-hybridized carbons (Fsp3) is 0.545. The summed E-state index contributed by atoms with van der Waals surface area (Å²) in [6.07, 6.45) is 5.81. The van der Waals surface area contributed by atoms with Gasteiger partial charge < -0.3 is 25.4 Å². The van der Waals surface area contributed by atoms with Crippen molar-refractivity contribution in [3.63, 3.8) is 0 Å². The van der Waals surface area contributed by atoms with E-state index < -0.39 is 6.10 Å². The number of phenols is 1. The summed E-state index contributed by atoms with van der Waals surface area (Å²) in [5, 5.41) is 36.8. The summed E-state index contributed by atoms with van der Waals surface area (Å²) < 4.78 is 5.68. The van der Waals surface area contributed by atoms with E-state index in [4.69, 9.17) is 9.84 Å². The van der Waals surface area contributed by atoms with Crippen molar-refractivity contribution in [2.24, 2.45) is 0 Å². The maximum absolute atomic E-state index is 10.2. The van der Waals surface area contributed by atoms with Crippen molar-refractivity contribution in [2.45, 2.75) is 51.2 Å². The minimum atomic E-state index is -0.783. The van der Waals surface area contributed by atoms with Gasteiger partial charge in [-0.05, 0) is 72.3 Å². The smallest absolute Gasteiger partial charge is 0.121 e. The average molecular weight is 408 g/mol. The number of aromatic hydroxyl groups is 1. The van der Waals surface area contributed by atoms with Gasteiger partial charge in [0, 0.05) is 25.3 Å². The zero-order valence-electron chi connectivity index (χ0n) is 16.5. The highest BCUT2D eigenvalue weighted by Crippen LogP contribution is 2.25. The van der Waals surface area contributed by atoms with E-state index in [9.17, 15) is 10.2 Å². The molecule has 2 aromatic rings. The lowest BCUT2D eigenvalue weighted by Crippen LogP contribution is -2.22. The summed E-state index contributed by atoms with van der Waals surface area (Å²) in [5.41, 5.74) is 2.54. The summed E-state index contributed by atoms with van der Waals surface area (Å²) in [4.78, 5) is 0. The lowest BCUT2D eigenvalue weighted by Gasteiger charge is -2.14. The first-order valence-electron chi connectivity index (χ1n) is 10.1. The molecule has 1 unspecified atom stereocenters. The molecule has 0 amide bonds. The molecule has 0 radical (unpaired) electrons. The van der Waals surface area contributed by atoms with Crippen molar-refractivity contribution in [3.8, 4) is 5.75 Å². The van der Waals surface area contributed by atoms with Crippen LogP contribution in [0.4, 0.5) is 0 Å². The van der Waals surface area contributed by atoms with Gasteiger partial charge in [0.15, 0.2) is 0 Å². The Labute approximate surface area is 172 Å². The molecule has 156 valence electrons. The van der Waals surface area contributed by atoms with E-state index in [0.717, 1.165) is 58.3 Å². The molecule has 0 saturated carbocycles. The van der Waals surface area contributed by atoms with Gasteiger partial charge in [0.25, 0.3) is 0 Å². The monoisotopic (exact) mass is 407 g/mol. The molecule has 1 heterocycles. The molecular formula is C22H33NO4S. The normalized spacial score (nSPS) is 12.4. The highest BCUT2D eigenvalue weighted by Gasteiger charge is 2.12. The van der Waals surface area contributed by atoms with Crippen LogP contribution in [0.25, 0.3) is 0 Å². The van der Waals surface area contributed by atoms with Gasteiger partial charge in [-0.15, -0.1) is 0 Å². The maximum atomic E-state index is 10.2. The minimum Gasteiger partial charge on any atom is -0.508 e. The lowest BCUT2D eigenvalue weighted by atomic mass is 10.0. The van der Waals surface area contributed by atoms with E-state index in [0.29, 0.717) is 17.7 Å². The second kappa shape index (κ2) is 13.7. The number of ether oxygens (including phenoxy) is 1. The number of thiophene rings is 1. The highest BCUT2D eigenvalue weighted by atomic mass is 32.1. The summed E-state index contributed by atoms with van der Waals surface area (Å²) in [6.45, 7) is 2.77. The molecule has 2 rings (SSSR count). The van der Waals surface area contributed by atoms with E-state index in [1.807, 2.05) is 0 Å². The number of hydrogen-bond acceptors (Lipinski definition) is 6. The van der Waals surface area contributed by atoms with Crippen LogP contribution in [0.15, 0.2) is 35.0 Å².